The van der Waals surface area contributed by atoms with E-state index in [1.165, 1.54) is 10.6 Å². The van der Waals surface area contributed by atoms with E-state index in [0.29, 0.717) is 62.1 Å². The summed E-state index contributed by atoms with van der Waals surface area (Å²) in [7, 11) is 0. The first-order valence-electron chi connectivity index (χ1n) is 12.0. The van der Waals surface area contributed by atoms with Gasteiger partial charge in [-0.25, -0.2) is 14.8 Å². The molecule has 0 spiro atoms. The number of aryl methyl sites for hydroxylation is 2. The molecule has 1 aliphatic rings. The minimum Gasteiger partial charge on any atom is -0.355 e. The van der Waals surface area contributed by atoms with Crippen molar-refractivity contribution in [3.05, 3.63) is 50.6 Å². The van der Waals surface area contributed by atoms with Crippen molar-refractivity contribution in [2.45, 2.75) is 58.9 Å². The Bertz CT molecular complexity index is 1280. The van der Waals surface area contributed by atoms with E-state index < -0.39 is 23.0 Å². The maximum absolute atomic E-state index is 12.8. The third-order valence-corrected chi connectivity index (χ3v) is 6.37. The van der Waals surface area contributed by atoms with Crippen molar-refractivity contribution in [1.29, 1.82) is 0 Å². The van der Waals surface area contributed by atoms with Crippen molar-refractivity contribution in [2.24, 2.45) is 0 Å². The van der Waals surface area contributed by atoms with E-state index in [9.17, 15) is 22.8 Å². The van der Waals surface area contributed by atoms with Gasteiger partial charge in [-0.1, -0.05) is 13.3 Å². The Labute approximate surface area is 200 Å². The number of H-pyrrole nitrogens is 1. The van der Waals surface area contributed by atoms with Crippen molar-refractivity contribution in [3.63, 3.8) is 0 Å². The van der Waals surface area contributed by atoms with Crippen LogP contribution in [0.25, 0.3) is 11.2 Å². The average Bonchev–Trinajstić information content (AvgIpc) is 3.01. The van der Waals surface area contributed by atoms with E-state index in [1.807, 2.05) is 23.3 Å². The molecule has 1 aliphatic heterocycles. The summed E-state index contributed by atoms with van der Waals surface area (Å²) in [5.41, 5.74) is -0.826. The van der Waals surface area contributed by atoms with Crippen molar-refractivity contribution in [2.75, 3.05) is 31.1 Å². The van der Waals surface area contributed by atoms with Crippen LogP contribution in [0.1, 0.15) is 44.5 Å². The van der Waals surface area contributed by atoms with Gasteiger partial charge in [0.05, 0.1) is 12.1 Å². The summed E-state index contributed by atoms with van der Waals surface area (Å²) < 4.78 is 41.9. The largest absolute Gasteiger partial charge is 0.417 e. The number of hydrogen-bond donors (Lipinski definition) is 1. The highest BCUT2D eigenvalue weighted by Gasteiger charge is 2.31. The number of alkyl halides is 3. The lowest BCUT2D eigenvalue weighted by Crippen LogP contribution is -2.32. The van der Waals surface area contributed by atoms with Gasteiger partial charge in [0, 0.05) is 45.5 Å². The average molecular weight is 494 g/mol. The van der Waals surface area contributed by atoms with Crippen LogP contribution in [0.3, 0.4) is 0 Å². The van der Waals surface area contributed by atoms with Crippen LogP contribution in [-0.2, 0) is 25.8 Å². The lowest BCUT2D eigenvalue weighted by molar-refractivity contribution is -0.137. The van der Waals surface area contributed by atoms with E-state index in [-0.39, 0.29) is 0 Å². The van der Waals surface area contributed by atoms with Crippen molar-refractivity contribution in [1.82, 2.24) is 29.0 Å². The van der Waals surface area contributed by atoms with Crippen LogP contribution in [0, 0.1) is 0 Å². The number of anilines is 1. The molecule has 0 atom stereocenters. The smallest absolute Gasteiger partial charge is 0.355 e. The van der Waals surface area contributed by atoms with E-state index in [0.717, 1.165) is 38.1 Å². The van der Waals surface area contributed by atoms with E-state index in [4.69, 9.17) is 4.98 Å². The maximum atomic E-state index is 12.8. The van der Waals surface area contributed by atoms with Gasteiger partial charge in [0.25, 0.3) is 5.56 Å². The Kier molecular flexibility index (Phi) is 7.29. The summed E-state index contributed by atoms with van der Waals surface area (Å²) in [4.78, 5) is 40.4. The van der Waals surface area contributed by atoms with Crippen LogP contribution in [0.5, 0.6) is 0 Å². The zero-order chi connectivity index (χ0) is 25.2. The molecular weight excluding hydrogens is 463 g/mol. The van der Waals surface area contributed by atoms with Crippen LogP contribution in [-0.4, -0.2) is 55.2 Å². The SMILES string of the molecule is CCCCn1c(=O)[nH]c(=O)c2c1nc(CN1CCCN(c3ccc(C(F)(F)F)cn3)CC1)n2CC. The fourth-order valence-corrected chi connectivity index (χ4v) is 4.50. The van der Waals surface area contributed by atoms with E-state index in [2.05, 4.69) is 14.9 Å². The molecule has 0 aromatic carbocycles. The number of rotatable bonds is 7. The number of fused-ring (bicyclic) bond motifs is 1. The summed E-state index contributed by atoms with van der Waals surface area (Å²) in [5.74, 6) is 1.23. The molecule has 1 saturated heterocycles. The first kappa shape index (κ1) is 25.0. The third-order valence-electron chi connectivity index (χ3n) is 6.37. The molecule has 4 heterocycles. The minimum atomic E-state index is -4.41. The number of halogens is 3. The van der Waals surface area contributed by atoms with Crippen molar-refractivity contribution < 1.29 is 13.2 Å². The molecule has 1 fully saturated rings. The molecule has 0 amide bonds. The summed E-state index contributed by atoms with van der Waals surface area (Å²) in [6, 6.07) is 2.47. The van der Waals surface area contributed by atoms with Crippen LogP contribution in [0.15, 0.2) is 27.9 Å². The molecule has 0 saturated carbocycles. The number of nitrogens with zero attached hydrogens (tertiary/aromatic N) is 6. The molecular formula is C23H30F3N7O2. The standard InChI is InChI=1S/C23H30F3N7O2/c1-3-5-11-33-20-19(21(34)29-22(33)35)32(4-2)18(28-20)15-30-9-6-10-31(13-12-30)17-8-7-16(14-27-17)23(24,25)26/h7-8,14H,3-6,9-13,15H2,1-2H3,(H,29,34,35). The first-order chi connectivity index (χ1) is 16.7. The lowest BCUT2D eigenvalue weighted by atomic mass is 10.2. The van der Waals surface area contributed by atoms with Crippen LogP contribution in [0.4, 0.5) is 19.0 Å². The van der Waals surface area contributed by atoms with E-state index in [1.54, 1.807) is 0 Å². The Morgan fingerprint density at radius 2 is 1.86 bits per heavy atom. The van der Waals surface area contributed by atoms with Gasteiger partial charge < -0.3 is 9.47 Å². The van der Waals surface area contributed by atoms with Gasteiger partial charge in [-0.15, -0.1) is 0 Å². The monoisotopic (exact) mass is 493 g/mol. The lowest BCUT2D eigenvalue weighted by Gasteiger charge is -2.23. The number of pyridine rings is 1. The predicted octanol–water partition coefficient (Wildman–Crippen LogP) is 2.83. The topological polar surface area (TPSA) is 92.0 Å². The summed E-state index contributed by atoms with van der Waals surface area (Å²) >= 11 is 0. The number of hydrogen-bond acceptors (Lipinski definition) is 6. The molecule has 1 N–H and O–H groups in total. The maximum Gasteiger partial charge on any atom is 0.417 e. The summed E-state index contributed by atoms with van der Waals surface area (Å²) in [5, 5.41) is 0. The first-order valence-corrected chi connectivity index (χ1v) is 12.0. The zero-order valence-corrected chi connectivity index (χ0v) is 19.9. The Morgan fingerprint density at radius 1 is 1.06 bits per heavy atom. The molecule has 35 heavy (non-hydrogen) atoms. The highest BCUT2D eigenvalue weighted by Crippen LogP contribution is 2.29. The summed E-state index contributed by atoms with van der Waals surface area (Å²) in [6.07, 6.45) is -1.02. The Balaban J connectivity index is 1.54. The molecule has 0 aliphatic carbocycles. The van der Waals surface area contributed by atoms with Crippen LogP contribution < -0.4 is 16.1 Å². The second-order valence-electron chi connectivity index (χ2n) is 8.73. The van der Waals surface area contributed by atoms with Gasteiger partial charge in [-0.2, -0.15) is 13.2 Å². The zero-order valence-electron chi connectivity index (χ0n) is 19.9. The van der Waals surface area contributed by atoms with Crippen LogP contribution in [0.2, 0.25) is 0 Å². The second kappa shape index (κ2) is 10.2. The predicted molar refractivity (Wildman–Crippen MR) is 127 cm³/mol. The Morgan fingerprint density at radius 3 is 2.51 bits per heavy atom. The van der Waals surface area contributed by atoms with Gasteiger partial charge in [0.2, 0.25) is 0 Å². The molecule has 0 unspecified atom stereocenters. The number of imidazole rings is 1. The quantitative estimate of drug-likeness (QED) is 0.544. The number of aromatic nitrogens is 5. The van der Waals surface area contributed by atoms with Gasteiger partial charge in [-0.05, 0) is 31.9 Å². The van der Waals surface area contributed by atoms with Gasteiger partial charge in [-0.3, -0.25) is 19.2 Å². The molecule has 4 rings (SSSR count). The third kappa shape index (κ3) is 5.26. The van der Waals surface area contributed by atoms with Crippen molar-refractivity contribution in [3.8, 4) is 0 Å². The normalized spacial score (nSPS) is 15.6. The molecule has 0 radical (unpaired) electrons. The molecule has 0 bridgehead atoms. The highest BCUT2D eigenvalue weighted by molar-refractivity contribution is 5.71. The van der Waals surface area contributed by atoms with Gasteiger partial charge in [0.15, 0.2) is 11.2 Å². The summed E-state index contributed by atoms with van der Waals surface area (Å²) in [6.45, 7) is 8.20. The second-order valence-corrected chi connectivity index (χ2v) is 8.73. The Hall–Kier alpha value is -3.15. The highest BCUT2D eigenvalue weighted by atomic mass is 19.4. The molecule has 9 nitrogen and oxygen atoms in total. The molecule has 12 heteroatoms. The van der Waals surface area contributed by atoms with Crippen molar-refractivity contribution >= 4 is 17.0 Å². The van der Waals surface area contributed by atoms with Gasteiger partial charge in [0.1, 0.15) is 11.6 Å². The molecule has 3 aromatic rings. The number of aromatic amines is 1. The fraction of sp³-hybridized carbons (Fsp3) is 0.565. The minimum absolute atomic E-state index is 0.406. The number of nitrogens with one attached hydrogen (secondary N) is 1. The van der Waals surface area contributed by atoms with E-state index >= 15 is 0 Å². The number of unbranched alkanes of at least 4 members (excludes halogenated alkanes) is 1. The fourth-order valence-electron chi connectivity index (χ4n) is 4.50. The van der Waals surface area contributed by atoms with Gasteiger partial charge >= 0.3 is 11.9 Å². The molecule has 190 valence electrons. The van der Waals surface area contributed by atoms with Crippen LogP contribution >= 0.6 is 0 Å². The molecule has 3 aromatic heterocycles.